The van der Waals surface area contributed by atoms with Crippen LogP contribution in [0.25, 0.3) is 0 Å². The van der Waals surface area contributed by atoms with Crippen molar-refractivity contribution in [1.82, 2.24) is 4.90 Å². The Hall–Kier alpha value is -0.580. The van der Waals surface area contributed by atoms with Gasteiger partial charge in [0.1, 0.15) is 0 Å². The van der Waals surface area contributed by atoms with Crippen LogP contribution in [-0.4, -0.2) is 42.3 Å². The predicted octanol–water partition coefficient (Wildman–Crippen LogP) is 0.430. The molecule has 0 saturated carbocycles. The zero-order valence-electron chi connectivity index (χ0n) is 9.36. The molecule has 0 radical (unpaired) electrons. The Morgan fingerprint density at radius 1 is 1.27 bits per heavy atom. The molecule has 86 valence electrons. The minimum atomic E-state index is -2.92. The SMILES string of the molecule is CC(C)(C)N1C(=O)CC2CS(=O)(=O)CC21. The molecule has 0 spiro atoms. The van der Waals surface area contributed by atoms with Crippen molar-refractivity contribution in [2.45, 2.75) is 38.8 Å². The standard InChI is InChI=1S/C10H17NO3S/c1-10(2,3)11-8-6-15(13,14)5-7(8)4-9(11)12/h7-8H,4-6H2,1-3H3. The molecule has 2 unspecified atom stereocenters. The summed E-state index contributed by atoms with van der Waals surface area (Å²) >= 11 is 0. The zero-order chi connectivity index (χ0) is 11.4. The fourth-order valence-corrected chi connectivity index (χ4v) is 4.83. The van der Waals surface area contributed by atoms with Crippen molar-refractivity contribution >= 4 is 15.7 Å². The minimum absolute atomic E-state index is 0.0294. The van der Waals surface area contributed by atoms with Crippen molar-refractivity contribution in [2.24, 2.45) is 5.92 Å². The molecule has 5 heteroatoms. The van der Waals surface area contributed by atoms with E-state index in [0.29, 0.717) is 6.42 Å². The maximum absolute atomic E-state index is 11.8. The number of nitrogens with zero attached hydrogens (tertiary/aromatic N) is 1. The Labute approximate surface area is 90.6 Å². The van der Waals surface area contributed by atoms with Crippen molar-refractivity contribution in [3.05, 3.63) is 0 Å². The van der Waals surface area contributed by atoms with Crippen molar-refractivity contribution in [3.8, 4) is 0 Å². The van der Waals surface area contributed by atoms with Crippen LogP contribution >= 0.6 is 0 Å². The fourth-order valence-electron chi connectivity index (χ4n) is 2.76. The van der Waals surface area contributed by atoms with E-state index in [2.05, 4.69) is 0 Å². The quantitative estimate of drug-likeness (QED) is 0.607. The van der Waals surface area contributed by atoms with Gasteiger partial charge in [-0.1, -0.05) is 0 Å². The first-order valence-corrected chi connectivity index (χ1v) is 7.05. The number of amides is 1. The van der Waals surface area contributed by atoms with Gasteiger partial charge in [-0.25, -0.2) is 8.42 Å². The van der Waals surface area contributed by atoms with Gasteiger partial charge in [-0.3, -0.25) is 4.79 Å². The van der Waals surface area contributed by atoms with Crippen LogP contribution in [0.1, 0.15) is 27.2 Å². The third-order valence-electron chi connectivity index (χ3n) is 3.20. The molecule has 0 aliphatic carbocycles. The number of rotatable bonds is 0. The molecule has 2 atom stereocenters. The monoisotopic (exact) mass is 231 g/mol. The first kappa shape index (κ1) is 10.9. The predicted molar refractivity (Wildman–Crippen MR) is 57.1 cm³/mol. The highest BCUT2D eigenvalue weighted by molar-refractivity contribution is 7.91. The Bertz CT molecular complexity index is 393. The van der Waals surface area contributed by atoms with Crippen LogP contribution in [0.3, 0.4) is 0 Å². The van der Waals surface area contributed by atoms with Gasteiger partial charge < -0.3 is 4.90 Å². The minimum Gasteiger partial charge on any atom is -0.334 e. The normalized spacial score (nSPS) is 34.6. The Morgan fingerprint density at radius 3 is 2.40 bits per heavy atom. The highest BCUT2D eigenvalue weighted by Gasteiger charge is 2.51. The summed E-state index contributed by atoms with van der Waals surface area (Å²) in [5.41, 5.74) is -0.267. The van der Waals surface area contributed by atoms with Gasteiger partial charge in [0, 0.05) is 17.9 Å². The summed E-state index contributed by atoms with van der Waals surface area (Å²) in [6.45, 7) is 5.87. The van der Waals surface area contributed by atoms with Crippen LogP contribution in [0.5, 0.6) is 0 Å². The molecule has 2 aliphatic rings. The van der Waals surface area contributed by atoms with E-state index < -0.39 is 9.84 Å². The van der Waals surface area contributed by atoms with Gasteiger partial charge in [0.05, 0.1) is 17.5 Å². The highest BCUT2D eigenvalue weighted by Crippen LogP contribution is 2.37. The van der Waals surface area contributed by atoms with E-state index in [4.69, 9.17) is 0 Å². The molecule has 1 amide bonds. The highest BCUT2D eigenvalue weighted by atomic mass is 32.2. The first-order chi connectivity index (χ1) is 6.71. The number of sulfone groups is 1. The lowest BCUT2D eigenvalue weighted by Crippen LogP contribution is -2.48. The Balaban J connectivity index is 2.31. The first-order valence-electron chi connectivity index (χ1n) is 5.23. The summed E-state index contributed by atoms with van der Waals surface area (Å²) in [6.07, 6.45) is 0.404. The number of carbonyl (C=O) groups excluding carboxylic acids is 1. The van der Waals surface area contributed by atoms with Crippen LogP contribution < -0.4 is 0 Å². The molecule has 2 rings (SSSR count). The smallest absolute Gasteiger partial charge is 0.223 e. The number of hydrogen-bond acceptors (Lipinski definition) is 3. The summed E-state index contributed by atoms with van der Waals surface area (Å²) < 4.78 is 23.0. The second kappa shape index (κ2) is 2.97. The van der Waals surface area contributed by atoms with Crippen LogP contribution in [0.2, 0.25) is 0 Å². The van der Waals surface area contributed by atoms with E-state index in [1.807, 2.05) is 20.8 Å². The van der Waals surface area contributed by atoms with Gasteiger partial charge in [-0.15, -0.1) is 0 Å². The lowest BCUT2D eigenvalue weighted by atomic mass is 10.0. The molecule has 0 bridgehead atoms. The third-order valence-corrected chi connectivity index (χ3v) is 4.98. The average molecular weight is 231 g/mol. The summed E-state index contributed by atoms with van der Waals surface area (Å²) in [7, 11) is -2.92. The molecule has 15 heavy (non-hydrogen) atoms. The maximum atomic E-state index is 11.8. The second-order valence-corrected chi connectivity index (χ2v) is 7.70. The van der Waals surface area contributed by atoms with Gasteiger partial charge in [-0.05, 0) is 20.8 Å². The molecular weight excluding hydrogens is 214 g/mol. The summed E-state index contributed by atoms with van der Waals surface area (Å²) in [4.78, 5) is 13.5. The third kappa shape index (κ3) is 1.77. The molecule has 0 aromatic rings. The number of fused-ring (bicyclic) bond motifs is 1. The van der Waals surface area contributed by atoms with E-state index in [1.165, 1.54) is 0 Å². The van der Waals surface area contributed by atoms with E-state index in [-0.39, 0.29) is 34.9 Å². The summed E-state index contributed by atoms with van der Waals surface area (Å²) in [5, 5.41) is 0. The van der Waals surface area contributed by atoms with Gasteiger partial charge in [0.25, 0.3) is 0 Å². The van der Waals surface area contributed by atoms with Crippen LogP contribution in [-0.2, 0) is 14.6 Å². The number of likely N-dealkylation sites (tertiary alicyclic amines) is 1. The van der Waals surface area contributed by atoms with Crippen molar-refractivity contribution in [2.75, 3.05) is 11.5 Å². The van der Waals surface area contributed by atoms with Crippen LogP contribution in [0, 0.1) is 5.92 Å². The lowest BCUT2D eigenvalue weighted by molar-refractivity contribution is -0.133. The van der Waals surface area contributed by atoms with Gasteiger partial charge in [0.2, 0.25) is 5.91 Å². The molecular formula is C10H17NO3S. The largest absolute Gasteiger partial charge is 0.334 e. The molecule has 2 aliphatic heterocycles. The zero-order valence-corrected chi connectivity index (χ0v) is 10.2. The fraction of sp³-hybridized carbons (Fsp3) is 0.900. The lowest BCUT2D eigenvalue weighted by Gasteiger charge is -2.36. The van der Waals surface area contributed by atoms with E-state index in [1.54, 1.807) is 4.90 Å². The summed E-state index contributed by atoms with van der Waals surface area (Å²) in [6, 6.07) is -0.0810. The molecule has 2 heterocycles. The molecule has 0 aromatic carbocycles. The van der Waals surface area contributed by atoms with Crippen molar-refractivity contribution in [1.29, 1.82) is 0 Å². The topological polar surface area (TPSA) is 54.5 Å². The van der Waals surface area contributed by atoms with Crippen molar-refractivity contribution < 1.29 is 13.2 Å². The molecule has 2 saturated heterocycles. The Kier molecular flexibility index (Phi) is 2.16. The molecule has 4 nitrogen and oxygen atoms in total. The summed E-state index contributed by atoms with van der Waals surface area (Å²) in [5.74, 6) is 0.477. The van der Waals surface area contributed by atoms with Gasteiger partial charge in [0.15, 0.2) is 9.84 Å². The van der Waals surface area contributed by atoms with E-state index in [0.717, 1.165) is 0 Å². The average Bonchev–Trinajstić information content (AvgIpc) is 2.34. The van der Waals surface area contributed by atoms with Crippen LogP contribution in [0.4, 0.5) is 0 Å². The maximum Gasteiger partial charge on any atom is 0.223 e. The second-order valence-electron chi connectivity index (χ2n) is 5.54. The van der Waals surface area contributed by atoms with E-state index >= 15 is 0 Å². The van der Waals surface area contributed by atoms with Gasteiger partial charge in [-0.2, -0.15) is 0 Å². The van der Waals surface area contributed by atoms with E-state index in [9.17, 15) is 13.2 Å². The number of carbonyl (C=O) groups is 1. The molecule has 0 aromatic heterocycles. The van der Waals surface area contributed by atoms with Crippen LogP contribution in [0.15, 0.2) is 0 Å². The Morgan fingerprint density at radius 2 is 1.87 bits per heavy atom. The van der Waals surface area contributed by atoms with Crippen molar-refractivity contribution in [3.63, 3.8) is 0 Å². The molecule has 0 N–H and O–H groups in total. The molecule has 2 fully saturated rings. The van der Waals surface area contributed by atoms with Gasteiger partial charge >= 0.3 is 0 Å². The number of hydrogen-bond donors (Lipinski definition) is 0.